The minimum absolute atomic E-state index is 0.0329. The molecule has 4 heteroatoms. The Balaban J connectivity index is 2.49. The Kier molecular flexibility index (Phi) is 4.57. The van der Waals surface area contributed by atoms with Gasteiger partial charge in [0.15, 0.2) is 5.78 Å². The van der Waals surface area contributed by atoms with E-state index in [1.807, 2.05) is 19.9 Å². The summed E-state index contributed by atoms with van der Waals surface area (Å²) in [5, 5.41) is 11.3. The summed E-state index contributed by atoms with van der Waals surface area (Å²) in [5.41, 5.74) is -0.129. The second-order valence-electron chi connectivity index (χ2n) is 6.54. The summed E-state index contributed by atoms with van der Waals surface area (Å²) in [6.07, 6.45) is 4.95. The lowest BCUT2D eigenvalue weighted by Crippen LogP contribution is -2.46. The van der Waals surface area contributed by atoms with Crippen LogP contribution < -0.4 is 0 Å². The van der Waals surface area contributed by atoms with E-state index in [2.05, 4.69) is 4.74 Å². The summed E-state index contributed by atoms with van der Waals surface area (Å²) in [4.78, 5) is 23.6. The molecule has 4 nitrogen and oxygen atoms in total. The number of ether oxygens (including phenoxy) is 1. The predicted octanol–water partition coefficient (Wildman–Crippen LogP) is 3.16. The zero-order chi connectivity index (χ0) is 17.3. The Morgan fingerprint density at radius 2 is 1.96 bits per heavy atom. The molecule has 1 aromatic carbocycles. The van der Waals surface area contributed by atoms with Crippen molar-refractivity contribution in [1.82, 2.24) is 0 Å². The third-order valence-electron chi connectivity index (χ3n) is 4.41. The van der Waals surface area contributed by atoms with Gasteiger partial charge in [0, 0.05) is 23.5 Å². The molecule has 1 aliphatic carbocycles. The van der Waals surface area contributed by atoms with E-state index in [0.29, 0.717) is 16.7 Å². The molecule has 0 spiro atoms. The Labute approximate surface area is 136 Å². The number of hydrogen-bond acceptors (Lipinski definition) is 4. The maximum atomic E-state index is 12.3. The monoisotopic (exact) mass is 314 g/mol. The number of carbonyl (C=O) groups excluding carboxylic acids is 2. The number of carbonyl (C=O) groups is 2. The maximum absolute atomic E-state index is 12.3. The number of aliphatic hydroxyl groups is 1. The van der Waals surface area contributed by atoms with Crippen molar-refractivity contribution >= 4 is 11.8 Å². The van der Waals surface area contributed by atoms with Gasteiger partial charge in [-0.1, -0.05) is 44.2 Å². The number of methoxy groups -OCH3 is 1. The molecule has 0 saturated heterocycles. The van der Waals surface area contributed by atoms with Gasteiger partial charge < -0.3 is 9.84 Å². The van der Waals surface area contributed by atoms with E-state index in [1.54, 1.807) is 37.3 Å². The van der Waals surface area contributed by atoms with Crippen LogP contribution in [0.2, 0.25) is 0 Å². The highest BCUT2D eigenvalue weighted by Crippen LogP contribution is 2.49. The molecular formula is C19H22O4. The molecule has 0 fully saturated rings. The molecule has 23 heavy (non-hydrogen) atoms. The molecule has 2 rings (SSSR count). The van der Waals surface area contributed by atoms with Crippen LogP contribution in [0, 0.1) is 5.41 Å². The zero-order valence-electron chi connectivity index (χ0n) is 13.9. The first-order valence-electron chi connectivity index (χ1n) is 7.52. The lowest BCUT2D eigenvalue weighted by atomic mass is 9.62. The Morgan fingerprint density at radius 3 is 2.61 bits per heavy atom. The molecular weight excluding hydrogens is 292 g/mol. The number of esters is 1. The standard InChI is InChI=1S/C19H22O4/c1-13(11-17(21)23-4)9-10-19(22)15-8-6-5-7-14(15)16(20)12-18(19,2)3/h5-11,22H,12H2,1-4H3/b10-9+,13-11-/t19-/m1/s1. The van der Waals surface area contributed by atoms with Gasteiger partial charge in [-0.2, -0.15) is 0 Å². The van der Waals surface area contributed by atoms with Gasteiger partial charge in [-0.3, -0.25) is 4.79 Å². The number of Topliss-reactive ketones (excluding diaryl/α,β-unsaturated/α-hetero) is 1. The van der Waals surface area contributed by atoms with Crippen molar-refractivity contribution in [1.29, 1.82) is 0 Å². The number of hydrogen-bond donors (Lipinski definition) is 1. The van der Waals surface area contributed by atoms with Crippen LogP contribution in [-0.4, -0.2) is 24.0 Å². The molecule has 0 heterocycles. The third kappa shape index (κ3) is 3.13. The van der Waals surface area contributed by atoms with Crippen molar-refractivity contribution in [2.45, 2.75) is 32.8 Å². The van der Waals surface area contributed by atoms with Crippen molar-refractivity contribution in [2.24, 2.45) is 5.41 Å². The molecule has 0 aromatic heterocycles. The molecule has 1 atom stereocenters. The molecule has 1 N–H and O–H groups in total. The summed E-state index contributed by atoms with van der Waals surface area (Å²) in [5.74, 6) is -0.414. The lowest BCUT2D eigenvalue weighted by Gasteiger charge is -2.45. The summed E-state index contributed by atoms with van der Waals surface area (Å²) in [7, 11) is 1.31. The summed E-state index contributed by atoms with van der Waals surface area (Å²) in [6.45, 7) is 5.48. The molecule has 1 aromatic rings. The van der Waals surface area contributed by atoms with Gasteiger partial charge in [0.2, 0.25) is 0 Å². The smallest absolute Gasteiger partial charge is 0.330 e. The molecule has 122 valence electrons. The summed E-state index contributed by atoms with van der Waals surface area (Å²) < 4.78 is 4.59. The van der Waals surface area contributed by atoms with Gasteiger partial charge >= 0.3 is 5.97 Å². The van der Waals surface area contributed by atoms with Crippen LogP contribution in [0.4, 0.5) is 0 Å². The van der Waals surface area contributed by atoms with E-state index >= 15 is 0 Å². The number of rotatable bonds is 3. The number of ketones is 1. The summed E-state index contributed by atoms with van der Waals surface area (Å²) >= 11 is 0. The molecule has 0 unspecified atom stereocenters. The second kappa shape index (κ2) is 6.13. The highest BCUT2D eigenvalue weighted by atomic mass is 16.5. The minimum atomic E-state index is -1.29. The van der Waals surface area contributed by atoms with E-state index in [9.17, 15) is 14.7 Å². The Morgan fingerprint density at radius 1 is 1.30 bits per heavy atom. The SMILES string of the molecule is COC(=O)/C=C(C)\C=C\[C@@]1(O)c2ccccc2C(=O)CC1(C)C. The lowest BCUT2D eigenvalue weighted by molar-refractivity contribution is -0.134. The first-order valence-corrected chi connectivity index (χ1v) is 7.52. The fourth-order valence-electron chi connectivity index (χ4n) is 2.91. The van der Waals surface area contributed by atoms with Gasteiger partial charge in [0.1, 0.15) is 5.60 Å². The molecule has 0 bridgehead atoms. The number of fused-ring (bicyclic) bond motifs is 1. The third-order valence-corrected chi connectivity index (χ3v) is 4.41. The average Bonchev–Trinajstić information content (AvgIpc) is 2.50. The zero-order valence-corrected chi connectivity index (χ0v) is 13.9. The fraction of sp³-hybridized carbons (Fsp3) is 0.368. The van der Waals surface area contributed by atoms with E-state index in [0.717, 1.165) is 0 Å². The van der Waals surface area contributed by atoms with E-state index < -0.39 is 17.0 Å². The van der Waals surface area contributed by atoms with Gasteiger partial charge in [-0.05, 0) is 24.1 Å². The molecule has 0 saturated carbocycles. The number of allylic oxidation sites excluding steroid dienone is 2. The molecule has 0 amide bonds. The Bertz CT molecular complexity index is 697. The maximum Gasteiger partial charge on any atom is 0.330 e. The normalized spacial score (nSPS) is 23.7. The second-order valence-corrected chi connectivity index (χ2v) is 6.54. The summed E-state index contributed by atoms with van der Waals surface area (Å²) in [6, 6.07) is 7.12. The van der Waals surface area contributed by atoms with Crippen LogP contribution in [0.25, 0.3) is 0 Å². The molecule has 0 aliphatic heterocycles. The Hall–Kier alpha value is -2.20. The highest BCUT2D eigenvalue weighted by molar-refractivity contribution is 5.99. The molecule has 1 aliphatic rings. The van der Waals surface area contributed by atoms with Crippen molar-refractivity contribution in [3.05, 3.63) is 59.2 Å². The first-order chi connectivity index (χ1) is 10.7. The first kappa shape index (κ1) is 17.2. The van der Waals surface area contributed by atoms with Gasteiger partial charge in [0.05, 0.1) is 7.11 Å². The van der Waals surface area contributed by atoms with Crippen molar-refractivity contribution < 1.29 is 19.4 Å². The topological polar surface area (TPSA) is 63.6 Å². The molecule has 0 radical (unpaired) electrons. The average molecular weight is 314 g/mol. The van der Waals surface area contributed by atoms with Crippen molar-refractivity contribution in [2.75, 3.05) is 7.11 Å². The largest absolute Gasteiger partial charge is 0.466 e. The van der Waals surface area contributed by atoms with Crippen LogP contribution in [0.3, 0.4) is 0 Å². The van der Waals surface area contributed by atoms with Crippen LogP contribution in [0.5, 0.6) is 0 Å². The van der Waals surface area contributed by atoms with Gasteiger partial charge in [0.25, 0.3) is 0 Å². The fourth-order valence-corrected chi connectivity index (χ4v) is 2.91. The van der Waals surface area contributed by atoms with E-state index in [-0.39, 0.29) is 12.2 Å². The van der Waals surface area contributed by atoms with Crippen molar-refractivity contribution in [3.8, 4) is 0 Å². The van der Waals surface area contributed by atoms with Crippen LogP contribution >= 0.6 is 0 Å². The van der Waals surface area contributed by atoms with Crippen molar-refractivity contribution in [3.63, 3.8) is 0 Å². The van der Waals surface area contributed by atoms with E-state index in [4.69, 9.17) is 0 Å². The quantitative estimate of drug-likeness (QED) is 0.529. The predicted molar refractivity (Wildman–Crippen MR) is 88.0 cm³/mol. The van der Waals surface area contributed by atoms with E-state index in [1.165, 1.54) is 13.2 Å². The van der Waals surface area contributed by atoms with Gasteiger partial charge in [-0.25, -0.2) is 4.79 Å². The number of benzene rings is 1. The van der Waals surface area contributed by atoms with Crippen LogP contribution in [0.15, 0.2) is 48.1 Å². The van der Waals surface area contributed by atoms with Crippen LogP contribution in [0.1, 0.15) is 43.1 Å². The van der Waals surface area contributed by atoms with Crippen LogP contribution in [-0.2, 0) is 15.1 Å². The minimum Gasteiger partial charge on any atom is -0.466 e. The van der Waals surface area contributed by atoms with Gasteiger partial charge in [-0.15, -0.1) is 0 Å². The highest BCUT2D eigenvalue weighted by Gasteiger charge is 2.49.